The third-order valence-corrected chi connectivity index (χ3v) is 4.41. The van der Waals surface area contributed by atoms with Crippen LogP contribution in [0.4, 0.5) is 5.69 Å². The van der Waals surface area contributed by atoms with Crippen LogP contribution in [-0.2, 0) is 6.42 Å². The number of nitrogens with two attached hydrogens (primary N) is 2. The van der Waals surface area contributed by atoms with Gasteiger partial charge in [-0.15, -0.1) is 0 Å². The molecule has 6 heteroatoms. The van der Waals surface area contributed by atoms with Gasteiger partial charge in [0.25, 0.3) is 5.91 Å². The Bertz CT molecular complexity index is 1040. The first-order valence-corrected chi connectivity index (χ1v) is 9.64. The maximum Gasteiger partial charge on any atom is 0.251 e. The third-order valence-electron chi connectivity index (χ3n) is 4.41. The van der Waals surface area contributed by atoms with Crippen molar-refractivity contribution in [3.63, 3.8) is 0 Å². The maximum atomic E-state index is 12.4. The SMILES string of the molecule is N/C(=C\C=C(/N)Nc1cccc(C(=O)NCCc2ccncc2)c1)c1ccccc1.[HH].[HH]. The van der Waals surface area contributed by atoms with Gasteiger partial charge in [0.15, 0.2) is 0 Å². The van der Waals surface area contributed by atoms with E-state index >= 15 is 0 Å². The van der Waals surface area contributed by atoms with E-state index in [1.165, 1.54) is 0 Å². The van der Waals surface area contributed by atoms with Gasteiger partial charge in [-0.3, -0.25) is 9.78 Å². The molecule has 156 valence electrons. The molecule has 0 aliphatic rings. The van der Waals surface area contributed by atoms with Crippen LogP contribution in [0.3, 0.4) is 0 Å². The first kappa shape index (κ1) is 20.7. The van der Waals surface area contributed by atoms with Gasteiger partial charge in [0, 0.05) is 38.7 Å². The van der Waals surface area contributed by atoms with Gasteiger partial charge in [0.1, 0.15) is 5.82 Å². The second-order valence-corrected chi connectivity index (χ2v) is 6.68. The standard InChI is InChI=1S/C24H25N5O.2H2/c25-22(19-5-2-1-3-6-19)9-10-23(26)29-21-8-4-7-20(17-21)24(30)28-16-13-18-11-14-27-15-12-18;;/h1-12,14-15,17,29H,13,16,25-26H2,(H,28,30);2*1H/b22-9-,23-10+;;. The molecule has 3 rings (SSSR count). The van der Waals surface area contributed by atoms with Crippen molar-refractivity contribution in [2.24, 2.45) is 11.5 Å². The summed E-state index contributed by atoms with van der Waals surface area (Å²) in [6.07, 6.45) is 7.67. The minimum Gasteiger partial charge on any atom is -0.398 e. The highest BCUT2D eigenvalue weighted by atomic mass is 16.1. The summed E-state index contributed by atoms with van der Waals surface area (Å²) in [5, 5.41) is 6.00. The van der Waals surface area contributed by atoms with Crippen molar-refractivity contribution in [2.45, 2.75) is 6.42 Å². The fourth-order valence-electron chi connectivity index (χ4n) is 2.82. The monoisotopic (exact) mass is 403 g/mol. The van der Waals surface area contributed by atoms with Crippen LogP contribution in [0.1, 0.15) is 24.3 Å². The van der Waals surface area contributed by atoms with Gasteiger partial charge < -0.3 is 22.1 Å². The molecule has 1 heterocycles. The van der Waals surface area contributed by atoms with E-state index < -0.39 is 0 Å². The smallest absolute Gasteiger partial charge is 0.251 e. The topological polar surface area (TPSA) is 106 Å². The number of amides is 1. The van der Waals surface area contributed by atoms with Gasteiger partial charge in [-0.05, 0) is 60.0 Å². The Morgan fingerprint density at radius 1 is 0.933 bits per heavy atom. The van der Waals surface area contributed by atoms with E-state index in [0.29, 0.717) is 23.6 Å². The van der Waals surface area contributed by atoms with Gasteiger partial charge in [0.05, 0.1) is 0 Å². The second-order valence-electron chi connectivity index (χ2n) is 6.68. The Morgan fingerprint density at radius 3 is 2.43 bits per heavy atom. The predicted molar refractivity (Wildman–Crippen MR) is 125 cm³/mol. The molecular formula is C24H29N5O. The molecule has 0 aliphatic carbocycles. The summed E-state index contributed by atoms with van der Waals surface area (Å²) in [6, 6.07) is 20.7. The van der Waals surface area contributed by atoms with Crippen LogP contribution in [0, 0.1) is 0 Å². The average Bonchev–Trinajstić information content (AvgIpc) is 2.79. The Morgan fingerprint density at radius 2 is 1.67 bits per heavy atom. The Balaban J connectivity index is 0.00000256. The number of aromatic nitrogens is 1. The molecule has 1 amide bonds. The Kier molecular flexibility index (Phi) is 7.22. The normalized spacial score (nSPS) is 11.7. The molecule has 6 N–H and O–H groups in total. The maximum absolute atomic E-state index is 12.4. The largest absolute Gasteiger partial charge is 0.398 e. The fraction of sp³-hybridized carbons (Fsp3) is 0.0833. The second kappa shape index (κ2) is 10.5. The average molecular weight is 404 g/mol. The molecule has 0 radical (unpaired) electrons. The molecule has 6 nitrogen and oxygen atoms in total. The summed E-state index contributed by atoms with van der Waals surface area (Å²) in [6.45, 7) is 0.548. The number of hydrogen-bond donors (Lipinski definition) is 4. The van der Waals surface area contributed by atoms with E-state index in [1.807, 2.05) is 54.6 Å². The summed E-state index contributed by atoms with van der Waals surface area (Å²) in [7, 11) is 0. The van der Waals surface area contributed by atoms with Crippen LogP contribution in [-0.4, -0.2) is 17.4 Å². The zero-order valence-electron chi connectivity index (χ0n) is 16.6. The molecule has 3 aromatic rings. The van der Waals surface area contributed by atoms with Gasteiger partial charge in [-0.25, -0.2) is 0 Å². The van der Waals surface area contributed by atoms with Crippen molar-refractivity contribution in [3.05, 3.63) is 114 Å². The third kappa shape index (κ3) is 6.24. The first-order valence-electron chi connectivity index (χ1n) is 9.64. The summed E-state index contributed by atoms with van der Waals surface area (Å²) < 4.78 is 0. The summed E-state index contributed by atoms with van der Waals surface area (Å²) in [5.74, 6) is 0.285. The lowest BCUT2D eigenvalue weighted by molar-refractivity contribution is 0.0954. The molecule has 2 aromatic carbocycles. The van der Waals surface area contributed by atoms with E-state index in [4.69, 9.17) is 11.5 Å². The molecule has 0 bridgehead atoms. The van der Waals surface area contributed by atoms with E-state index in [0.717, 1.165) is 23.2 Å². The van der Waals surface area contributed by atoms with Crippen molar-refractivity contribution in [2.75, 3.05) is 11.9 Å². The van der Waals surface area contributed by atoms with Crippen molar-refractivity contribution < 1.29 is 7.65 Å². The zero-order valence-corrected chi connectivity index (χ0v) is 16.6. The van der Waals surface area contributed by atoms with E-state index in [1.54, 1.807) is 36.7 Å². The number of nitrogens with one attached hydrogen (secondary N) is 2. The van der Waals surface area contributed by atoms with Crippen LogP contribution in [0.15, 0.2) is 97.1 Å². The van der Waals surface area contributed by atoms with Crippen LogP contribution in [0.25, 0.3) is 5.70 Å². The molecular weight excluding hydrogens is 374 g/mol. The number of anilines is 1. The minimum atomic E-state index is -0.136. The Labute approximate surface area is 179 Å². The molecule has 0 spiro atoms. The highest BCUT2D eigenvalue weighted by molar-refractivity contribution is 5.95. The van der Waals surface area contributed by atoms with Gasteiger partial charge in [-0.2, -0.15) is 0 Å². The first-order chi connectivity index (χ1) is 14.6. The van der Waals surface area contributed by atoms with E-state index in [2.05, 4.69) is 15.6 Å². The highest BCUT2D eigenvalue weighted by Gasteiger charge is 2.06. The zero-order chi connectivity index (χ0) is 21.2. The van der Waals surface area contributed by atoms with E-state index in [-0.39, 0.29) is 8.76 Å². The number of nitrogens with zero attached hydrogens (tertiary/aromatic N) is 1. The number of carbonyl (C=O) groups is 1. The van der Waals surface area contributed by atoms with Gasteiger partial charge in [0.2, 0.25) is 0 Å². The summed E-state index contributed by atoms with van der Waals surface area (Å²) >= 11 is 0. The van der Waals surface area contributed by atoms with Crippen LogP contribution >= 0.6 is 0 Å². The van der Waals surface area contributed by atoms with Crippen molar-refractivity contribution in [3.8, 4) is 0 Å². The molecule has 0 fully saturated rings. The van der Waals surface area contributed by atoms with Crippen LogP contribution < -0.4 is 22.1 Å². The lowest BCUT2D eigenvalue weighted by Crippen LogP contribution is -2.25. The number of rotatable bonds is 8. The number of carbonyl (C=O) groups excluding carboxylic acids is 1. The molecule has 0 aliphatic heterocycles. The number of hydrogen-bond acceptors (Lipinski definition) is 5. The molecule has 0 unspecified atom stereocenters. The molecule has 0 atom stereocenters. The minimum absolute atomic E-state index is 0. The number of pyridine rings is 1. The van der Waals surface area contributed by atoms with Crippen molar-refractivity contribution >= 4 is 17.3 Å². The summed E-state index contributed by atoms with van der Waals surface area (Å²) in [5.41, 5.74) is 16.1. The molecule has 0 saturated carbocycles. The Hall–Kier alpha value is -4.06. The molecule has 30 heavy (non-hydrogen) atoms. The molecule has 0 saturated heterocycles. The lowest BCUT2D eigenvalue weighted by Gasteiger charge is -2.09. The molecule has 1 aromatic heterocycles. The highest BCUT2D eigenvalue weighted by Crippen LogP contribution is 2.13. The quantitative estimate of drug-likeness (QED) is 0.429. The van der Waals surface area contributed by atoms with E-state index in [9.17, 15) is 4.79 Å². The van der Waals surface area contributed by atoms with Crippen molar-refractivity contribution in [1.82, 2.24) is 10.3 Å². The number of allylic oxidation sites excluding steroid dienone is 2. The van der Waals surface area contributed by atoms with Crippen LogP contribution in [0.2, 0.25) is 0 Å². The van der Waals surface area contributed by atoms with Gasteiger partial charge in [-0.1, -0.05) is 36.4 Å². The lowest BCUT2D eigenvalue weighted by atomic mass is 10.1. The number of benzene rings is 2. The van der Waals surface area contributed by atoms with Crippen LogP contribution in [0.5, 0.6) is 0 Å². The predicted octanol–water partition coefficient (Wildman–Crippen LogP) is 3.76. The van der Waals surface area contributed by atoms with Gasteiger partial charge >= 0.3 is 0 Å². The summed E-state index contributed by atoms with van der Waals surface area (Å²) in [4.78, 5) is 16.4. The fourth-order valence-corrected chi connectivity index (χ4v) is 2.82. The van der Waals surface area contributed by atoms with Crippen molar-refractivity contribution in [1.29, 1.82) is 0 Å².